The molecular formula is C22H18Cl4N2O. The van der Waals surface area contributed by atoms with Crippen LogP contribution in [0.1, 0.15) is 40.2 Å². The van der Waals surface area contributed by atoms with E-state index in [0.29, 0.717) is 16.6 Å². The van der Waals surface area contributed by atoms with E-state index in [1.807, 2.05) is 48.5 Å². The van der Waals surface area contributed by atoms with Crippen molar-refractivity contribution in [1.82, 2.24) is 10.3 Å². The van der Waals surface area contributed by atoms with Crippen LogP contribution in [0.2, 0.25) is 20.1 Å². The largest absolute Gasteiger partial charge is 0.351 e. The van der Waals surface area contributed by atoms with Crippen LogP contribution >= 0.6 is 46.4 Å². The van der Waals surface area contributed by atoms with E-state index in [1.54, 1.807) is 0 Å². The van der Waals surface area contributed by atoms with Crippen molar-refractivity contribution in [3.63, 3.8) is 0 Å². The number of carbonyl (C=O) groups is 1. The molecule has 0 saturated heterocycles. The Labute approximate surface area is 190 Å². The van der Waals surface area contributed by atoms with E-state index in [-0.39, 0.29) is 33.4 Å². The molecule has 7 heteroatoms. The summed E-state index contributed by atoms with van der Waals surface area (Å²) in [6.07, 6.45) is 2.80. The number of nitrogens with zero attached hydrogens (tertiary/aromatic N) is 1. The first-order valence-corrected chi connectivity index (χ1v) is 10.5. The second kappa shape index (κ2) is 9.82. The first kappa shape index (κ1) is 21.9. The van der Waals surface area contributed by atoms with Crippen LogP contribution in [-0.2, 0) is 0 Å². The predicted molar refractivity (Wildman–Crippen MR) is 121 cm³/mol. The summed E-state index contributed by atoms with van der Waals surface area (Å²) in [6, 6.07) is 15.3. The van der Waals surface area contributed by atoms with Crippen LogP contribution in [0.4, 0.5) is 0 Å². The summed E-state index contributed by atoms with van der Waals surface area (Å²) in [4.78, 5) is 16.6. The molecule has 1 amide bonds. The third-order valence-corrected chi connectivity index (χ3v) is 5.94. The van der Waals surface area contributed by atoms with Crippen molar-refractivity contribution < 1.29 is 4.79 Å². The lowest BCUT2D eigenvalue weighted by Crippen LogP contribution is -2.31. The van der Waals surface area contributed by atoms with Gasteiger partial charge in [0.05, 0.1) is 15.6 Å². The molecule has 3 rings (SSSR count). The van der Waals surface area contributed by atoms with E-state index in [2.05, 4.69) is 17.2 Å². The van der Waals surface area contributed by atoms with E-state index >= 15 is 0 Å². The molecule has 1 aromatic heterocycles. The molecule has 150 valence electrons. The molecule has 0 spiro atoms. The van der Waals surface area contributed by atoms with Crippen LogP contribution in [0.25, 0.3) is 0 Å². The lowest BCUT2D eigenvalue weighted by Gasteiger charge is -2.26. The van der Waals surface area contributed by atoms with Crippen molar-refractivity contribution >= 4 is 52.3 Å². The SMILES string of the molecule is CC(c1ccc(Cl)cc1)C(CNC(=O)c1c(Cl)cncc1Cl)c1ccc(Cl)cc1. The minimum Gasteiger partial charge on any atom is -0.351 e. The third-order valence-electron chi connectivity index (χ3n) is 4.86. The number of nitrogens with one attached hydrogen (secondary N) is 1. The molecule has 0 aliphatic rings. The standard InChI is InChI=1S/C22H18Cl4N2O/c1-13(14-2-6-16(23)7-3-14)18(15-4-8-17(24)9-5-15)10-28-22(29)21-19(25)11-27-12-20(21)26/h2-9,11-13,18H,10H2,1H3,(H,28,29). The average molecular weight is 468 g/mol. The van der Waals surface area contributed by atoms with Gasteiger partial charge in [0, 0.05) is 34.9 Å². The Hall–Kier alpha value is -1.78. The highest BCUT2D eigenvalue weighted by atomic mass is 35.5. The summed E-state index contributed by atoms with van der Waals surface area (Å²) in [5, 5.41) is 4.72. The number of aromatic nitrogens is 1. The predicted octanol–water partition coefficient (Wildman–Crippen LogP) is 7.01. The Bertz CT molecular complexity index is 970. The van der Waals surface area contributed by atoms with Gasteiger partial charge in [-0.15, -0.1) is 0 Å². The van der Waals surface area contributed by atoms with Gasteiger partial charge in [-0.3, -0.25) is 9.78 Å². The van der Waals surface area contributed by atoms with Gasteiger partial charge >= 0.3 is 0 Å². The van der Waals surface area contributed by atoms with E-state index in [4.69, 9.17) is 46.4 Å². The topological polar surface area (TPSA) is 42.0 Å². The van der Waals surface area contributed by atoms with Gasteiger partial charge in [0.2, 0.25) is 0 Å². The van der Waals surface area contributed by atoms with Crippen LogP contribution in [0, 0.1) is 0 Å². The number of hydrogen-bond acceptors (Lipinski definition) is 2. The van der Waals surface area contributed by atoms with Crippen molar-refractivity contribution in [1.29, 1.82) is 0 Å². The molecule has 1 N–H and O–H groups in total. The maximum Gasteiger partial charge on any atom is 0.254 e. The molecule has 29 heavy (non-hydrogen) atoms. The fourth-order valence-corrected chi connectivity index (χ4v) is 4.00. The van der Waals surface area contributed by atoms with Crippen LogP contribution in [0.3, 0.4) is 0 Å². The Morgan fingerprint density at radius 2 is 1.34 bits per heavy atom. The molecule has 3 aromatic rings. The molecule has 2 aromatic carbocycles. The van der Waals surface area contributed by atoms with Gasteiger partial charge < -0.3 is 5.32 Å². The highest BCUT2D eigenvalue weighted by Gasteiger charge is 2.23. The van der Waals surface area contributed by atoms with Gasteiger partial charge in [0.1, 0.15) is 0 Å². The Morgan fingerprint density at radius 1 is 0.862 bits per heavy atom. The summed E-state index contributed by atoms with van der Waals surface area (Å²) in [5.74, 6) is -0.237. The van der Waals surface area contributed by atoms with Gasteiger partial charge in [0.25, 0.3) is 5.91 Å². The fraction of sp³-hybridized carbons (Fsp3) is 0.182. The number of rotatable bonds is 6. The van der Waals surface area contributed by atoms with Gasteiger partial charge in [-0.05, 0) is 41.3 Å². The van der Waals surface area contributed by atoms with E-state index in [0.717, 1.165) is 11.1 Å². The number of halogens is 4. The number of amides is 1. The van der Waals surface area contributed by atoms with Gasteiger partial charge in [-0.2, -0.15) is 0 Å². The molecule has 0 radical (unpaired) electrons. The number of hydrogen-bond donors (Lipinski definition) is 1. The summed E-state index contributed by atoms with van der Waals surface area (Å²) in [6.45, 7) is 2.50. The van der Waals surface area contributed by atoms with Crippen LogP contribution < -0.4 is 5.32 Å². The number of carbonyl (C=O) groups excluding carboxylic acids is 1. The maximum absolute atomic E-state index is 12.7. The van der Waals surface area contributed by atoms with Crippen molar-refractivity contribution in [2.45, 2.75) is 18.8 Å². The van der Waals surface area contributed by atoms with E-state index in [1.165, 1.54) is 12.4 Å². The lowest BCUT2D eigenvalue weighted by atomic mass is 9.82. The van der Waals surface area contributed by atoms with Gasteiger partial charge in [-0.25, -0.2) is 0 Å². The van der Waals surface area contributed by atoms with E-state index < -0.39 is 0 Å². The third kappa shape index (κ3) is 5.43. The molecule has 2 unspecified atom stereocenters. The molecule has 2 atom stereocenters. The quantitative estimate of drug-likeness (QED) is 0.423. The molecule has 0 aliphatic carbocycles. The summed E-state index contributed by atoms with van der Waals surface area (Å²) < 4.78 is 0. The van der Waals surface area contributed by atoms with E-state index in [9.17, 15) is 4.79 Å². The van der Waals surface area contributed by atoms with Crippen LogP contribution in [0.15, 0.2) is 60.9 Å². The summed E-state index contributed by atoms with van der Waals surface area (Å²) >= 11 is 24.3. The van der Waals surface area contributed by atoms with Crippen molar-refractivity contribution in [3.8, 4) is 0 Å². The van der Waals surface area contributed by atoms with Crippen molar-refractivity contribution in [2.24, 2.45) is 0 Å². The molecular weight excluding hydrogens is 450 g/mol. The first-order valence-electron chi connectivity index (χ1n) is 8.95. The fourth-order valence-electron chi connectivity index (χ4n) is 3.21. The number of benzene rings is 2. The molecule has 0 aliphatic heterocycles. The molecule has 0 bridgehead atoms. The first-order chi connectivity index (χ1) is 13.9. The molecule has 3 nitrogen and oxygen atoms in total. The monoisotopic (exact) mass is 466 g/mol. The molecule has 1 heterocycles. The minimum absolute atomic E-state index is 0.00298. The van der Waals surface area contributed by atoms with Gasteiger partial charge in [-0.1, -0.05) is 77.6 Å². The highest BCUT2D eigenvalue weighted by molar-refractivity contribution is 6.39. The van der Waals surface area contributed by atoms with Crippen LogP contribution in [-0.4, -0.2) is 17.4 Å². The Balaban J connectivity index is 1.86. The number of pyridine rings is 1. The zero-order valence-electron chi connectivity index (χ0n) is 15.5. The van der Waals surface area contributed by atoms with Gasteiger partial charge in [0.15, 0.2) is 0 Å². The Kier molecular flexibility index (Phi) is 7.42. The maximum atomic E-state index is 12.7. The Morgan fingerprint density at radius 3 is 1.86 bits per heavy atom. The minimum atomic E-state index is -0.343. The van der Waals surface area contributed by atoms with Crippen LogP contribution in [0.5, 0.6) is 0 Å². The van der Waals surface area contributed by atoms with Crippen molar-refractivity contribution in [3.05, 3.63) is 97.7 Å². The lowest BCUT2D eigenvalue weighted by molar-refractivity contribution is 0.0950. The second-order valence-electron chi connectivity index (χ2n) is 6.69. The zero-order chi connectivity index (χ0) is 21.0. The second-order valence-corrected chi connectivity index (χ2v) is 8.37. The molecule has 0 saturated carbocycles. The summed E-state index contributed by atoms with van der Waals surface area (Å²) in [5.41, 5.74) is 2.39. The zero-order valence-corrected chi connectivity index (χ0v) is 18.5. The van der Waals surface area contributed by atoms with Crippen molar-refractivity contribution in [2.75, 3.05) is 6.54 Å². The average Bonchev–Trinajstić information content (AvgIpc) is 2.69. The highest BCUT2D eigenvalue weighted by Crippen LogP contribution is 2.34. The smallest absolute Gasteiger partial charge is 0.254 e. The summed E-state index contributed by atoms with van der Waals surface area (Å²) in [7, 11) is 0. The normalized spacial score (nSPS) is 13.0. The molecule has 0 fully saturated rings.